The summed E-state index contributed by atoms with van der Waals surface area (Å²) in [4.78, 5) is 12.2. The second-order valence-corrected chi connectivity index (χ2v) is 7.14. The number of carbonyl (C=O) groups is 1. The quantitative estimate of drug-likeness (QED) is 0.436. The van der Waals surface area contributed by atoms with Crippen LogP contribution in [0.3, 0.4) is 0 Å². The van der Waals surface area contributed by atoms with Gasteiger partial charge in [0.25, 0.3) is 5.91 Å². The van der Waals surface area contributed by atoms with Gasteiger partial charge in [-0.1, -0.05) is 46.3 Å². The Kier molecular flexibility index (Phi) is 5.95. The van der Waals surface area contributed by atoms with Gasteiger partial charge in [0.15, 0.2) is 5.69 Å². The smallest absolute Gasteiger partial charge is 0.266 e. The minimum atomic E-state index is -0.487. The Bertz CT molecular complexity index is 954. The number of carbonyl (C=O) groups excluding carboxylic acids is 1. The Morgan fingerprint density at radius 1 is 1.19 bits per heavy atom. The topological polar surface area (TPSA) is 59.3 Å². The second kappa shape index (κ2) is 8.37. The lowest BCUT2D eigenvalue weighted by molar-refractivity contribution is 0.0948. The highest BCUT2D eigenvalue weighted by molar-refractivity contribution is 9.10. The molecule has 0 atom stereocenters. The summed E-state index contributed by atoms with van der Waals surface area (Å²) in [6, 6.07) is 14.0. The molecule has 0 aliphatic rings. The maximum absolute atomic E-state index is 13.5. The zero-order valence-electron chi connectivity index (χ0n) is 13.4. The summed E-state index contributed by atoms with van der Waals surface area (Å²) in [5.74, 6) is -0.899. The SMILES string of the molecule is O=C(N/N=C/c1ccccc1F)c1nn(Cc2ccc(Br)cc2)cc1Br. The molecule has 0 aliphatic carbocycles. The van der Waals surface area contributed by atoms with Crippen molar-refractivity contribution in [2.45, 2.75) is 6.54 Å². The van der Waals surface area contributed by atoms with Gasteiger partial charge in [-0.3, -0.25) is 9.48 Å². The van der Waals surface area contributed by atoms with E-state index in [1.165, 1.54) is 12.3 Å². The van der Waals surface area contributed by atoms with E-state index in [4.69, 9.17) is 0 Å². The molecule has 0 unspecified atom stereocenters. The number of benzene rings is 2. The Morgan fingerprint density at radius 2 is 1.92 bits per heavy atom. The van der Waals surface area contributed by atoms with Crippen LogP contribution in [0, 0.1) is 5.82 Å². The summed E-state index contributed by atoms with van der Waals surface area (Å²) in [7, 11) is 0. The Balaban J connectivity index is 1.67. The molecule has 0 bridgehead atoms. The van der Waals surface area contributed by atoms with Crippen LogP contribution in [0.5, 0.6) is 0 Å². The van der Waals surface area contributed by atoms with Crippen molar-refractivity contribution in [2.75, 3.05) is 0 Å². The number of hydrazone groups is 1. The molecule has 3 aromatic rings. The fourth-order valence-corrected chi connectivity index (χ4v) is 2.96. The van der Waals surface area contributed by atoms with Gasteiger partial charge in [-0.25, -0.2) is 9.82 Å². The minimum Gasteiger partial charge on any atom is -0.266 e. The second-order valence-electron chi connectivity index (χ2n) is 5.37. The first kappa shape index (κ1) is 18.5. The number of hydrogen-bond acceptors (Lipinski definition) is 3. The van der Waals surface area contributed by atoms with E-state index in [-0.39, 0.29) is 11.3 Å². The van der Waals surface area contributed by atoms with Crippen LogP contribution in [0.1, 0.15) is 21.6 Å². The van der Waals surface area contributed by atoms with E-state index < -0.39 is 11.7 Å². The maximum Gasteiger partial charge on any atom is 0.293 e. The van der Waals surface area contributed by atoms with E-state index in [0.29, 0.717) is 11.0 Å². The predicted molar refractivity (Wildman–Crippen MR) is 105 cm³/mol. The molecule has 2 aromatic carbocycles. The van der Waals surface area contributed by atoms with Crippen molar-refractivity contribution >= 4 is 44.0 Å². The number of amides is 1. The largest absolute Gasteiger partial charge is 0.293 e. The van der Waals surface area contributed by atoms with Gasteiger partial charge in [-0.15, -0.1) is 0 Å². The molecule has 0 saturated heterocycles. The minimum absolute atomic E-state index is 0.202. The van der Waals surface area contributed by atoms with Crippen LogP contribution >= 0.6 is 31.9 Å². The van der Waals surface area contributed by atoms with E-state index >= 15 is 0 Å². The van der Waals surface area contributed by atoms with E-state index in [0.717, 1.165) is 10.0 Å². The van der Waals surface area contributed by atoms with Crippen LogP contribution in [0.25, 0.3) is 0 Å². The molecule has 0 radical (unpaired) electrons. The number of aromatic nitrogens is 2. The molecule has 8 heteroatoms. The van der Waals surface area contributed by atoms with Crippen LogP contribution in [0.4, 0.5) is 4.39 Å². The van der Waals surface area contributed by atoms with Crippen LogP contribution in [0.15, 0.2) is 68.8 Å². The third kappa shape index (κ3) is 4.64. The Labute approximate surface area is 166 Å². The number of nitrogens with zero attached hydrogens (tertiary/aromatic N) is 3. The third-order valence-electron chi connectivity index (χ3n) is 3.46. The highest BCUT2D eigenvalue weighted by Crippen LogP contribution is 2.17. The standard InChI is InChI=1S/C18H13Br2FN4O/c19-14-7-5-12(6-8-14)10-25-11-15(20)17(24-25)18(26)23-22-9-13-3-1-2-4-16(13)21/h1-9,11H,10H2,(H,23,26)/b22-9+. The summed E-state index contributed by atoms with van der Waals surface area (Å²) in [5.41, 5.74) is 3.89. The van der Waals surface area contributed by atoms with Crippen molar-refractivity contribution in [3.05, 3.63) is 86.3 Å². The molecule has 3 rings (SSSR count). The molecule has 1 heterocycles. The number of halogens is 3. The van der Waals surface area contributed by atoms with Gasteiger partial charge in [0.1, 0.15) is 5.82 Å². The lowest BCUT2D eigenvalue weighted by Gasteiger charge is -2.02. The average Bonchev–Trinajstić information content (AvgIpc) is 2.99. The van der Waals surface area contributed by atoms with Gasteiger partial charge >= 0.3 is 0 Å². The molecule has 0 spiro atoms. The highest BCUT2D eigenvalue weighted by Gasteiger charge is 2.15. The number of nitrogens with one attached hydrogen (secondary N) is 1. The van der Waals surface area contributed by atoms with Crippen molar-refractivity contribution in [3.8, 4) is 0 Å². The summed E-state index contributed by atoms with van der Waals surface area (Å²) in [5, 5.41) is 8.05. The third-order valence-corrected chi connectivity index (χ3v) is 4.57. The zero-order valence-corrected chi connectivity index (χ0v) is 16.5. The fourth-order valence-electron chi connectivity index (χ4n) is 2.20. The Hall–Kier alpha value is -2.32. The van der Waals surface area contributed by atoms with Crippen LogP contribution in [-0.2, 0) is 6.54 Å². The molecule has 0 fully saturated rings. The molecule has 5 nitrogen and oxygen atoms in total. The van der Waals surface area contributed by atoms with Gasteiger partial charge in [0.2, 0.25) is 0 Å². The molecule has 1 N–H and O–H groups in total. The van der Waals surface area contributed by atoms with Crippen LogP contribution < -0.4 is 5.43 Å². The first-order chi connectivity index (χ1) is 12.5. The van der Waals surface area contributed by atoms with Crippen molar-refractivity contribution in [1.82, 2.24) is 15.2 Å². The number of rotatable bonds is 5. The van der Waals surface area contributed by atoms with Gasteiger partial charge < -0.3 is 0 Å². The normalized spacial score (nSPS) is 11.0. The van der Waals surface area contributed by atoms with Gasteiger partial charge in [0.05, 0.1) is 17.2 Å². The van der Waals surface area contributed by atoms with Gasteiger partial charge in [-0.05, 0) is 39.7 Å². The van der Waals surface area contributed by atoms with Crippen molar-refractivity contribution in [2.24, 2.45) is 5.10 Å². The zero-order chi connectivity index (χ0) is 18.5. The lowest BCUT2D eigenvalue weighted by atomic mass is 10.2. The average molecular weight is 480 g/mol. The maximum atomic E-state index is 13.5. The monoisotopic (exact) mass is 478 g/mol. The summed E-state index contributed by atoms with van der Waals surface area (Å²) < 4.78 is 16.7. The predicted octanol–water partition coefficient (Wildman–Crippen LogP) is 4.36. The van der Waals surface area contributed by atoms with E-state index in [9.17, 15) is 9.18 Å². The summed E-state index contributed by atoms with van der Waals surface area (Å²) in [6.07, 6.45) is 2.97. The van der Waals surface area contributed by atoms with Crippen molar-refractivity contribution in [1.29, 1.82) is 0 Å². The molecule has 0 aliphatic heterocycles. The molecular weight excluding hydrogens is 467 g/mol. The molecule has 0 saturated carbocycles. The summed E-state index contributed by atoms with van der Waals surface area (Å²) in [6.45, 7) is 0.525. The molecule has 26 heavy (non-hydrogen) atoms. The van der Waals surface area contributed by atoms with E-state index in [2.05, 4.69) is 47.5 Å². The first-order valence-electron chi connectivity index (χ1n) is 7.58. The first-order valence-corrected chi connectivity index (χ1v) is 9.17. The van der Waals surface area contributed by atoms with Crippen molar-refractivity contribution < 1.29 is 9.18 Å². The lowest BCUT2D eigenvalue weighted by Crippen LogP contribution is -2.19. The Morgan fingerprint density at radius 3 is 2.65 bits per heavy atom. The molecule has 132 valence electrons. The van der Waals surface area contributed by atoms with E-state index in [1.807, 2.05) is 24.3 Å². The molecule has 1 aromatic heterocycles. The van der Waals surface area contributed by atoms with Crippen LogP contribution in [0.2, 0.25) is 0 Å². The van der Waals surface area contributed by atoms with Crippen LogP contribution in [-0.4, -0.2) is 21.9 Å². The fraction of sp³-hybridized carbons (Fsp3) is 0.0556. The van der Waals surface area contributed by atoms with Gasteiger partial charge in [-0.2, -0.15) is 10.2 Å². The highest BCUT2D eigenvalue weighted by atomic mass is 79.9. The van der Waals surface area contributed by atoms with Gasteiger partial charge in [0, 0.05) is 16.2 Å². The molecular formula is C18H13Br2FN4O. The molecule has 1 amide bonds. The van der Waals surface area contributed by atoms with E-state index in [1.54, 1.807) is 29.1 Å². The van der Waals surface area contributed by atoms with Crippen molar-refractivity contribution in [3.63, 3.8) is 0 Å². The summed E-state index contributed by atoms with van der Waals surface area (Å²) >= 11 is 6.72. The number of hydrogen-bond donors (Lipinski definition) is 1.